The van der Waals surface area contributed by atoms with E-state index in [9.17, 15) is 4.79 Å². The van der Waals surface area contributed by atoms with E-state index in [-0.39, 0.29) is 5.69 Å². The summed E-state index contributed by atoms with van der Waals surface area (Å²) in [5.74, 6) is -0.265. The molecule has 0 amide bonds. The van der Waals surface area contributed by atoms with Gasteiger partial charge < -0.3 is 10.0 Å². The van der Waals surface area contributed by atoms with Crippen molar-refractivity contribution in [2.24, 2.45) is 0 Å². The molecule has 0 unspecified atom stereocenters. The van der Waals surface area contributed by atoms with Crippen LogP contribution in [0.5, 0.6) is 0 Å². The number of carboxylic acid groups (broad SMARTS) is 1. The number of aromatic nitrogens is 2. The first-order valence-electron chi connectivity index (χ1n) is 5.93. The number of rotatable bonds is 2. The fourth-order valence-electron chi connectivity index (χ4n) is 2.44. The lowest BCUT2D eigenvalue weighted by Crippen LogP contribution is -2.44. The van der Waals surface area contributed by atoms with Crippen molar-refractivity contribution in [1.82, 2.24) is 9.97 Å². The van der Waals surface area contributed by atoms with Gasteiger partial charge in [0.25, 0.3) is 0 Å². The van der Waals surface area contributed by atoms with E-state index >= 15 is 0 Å². The van der Waals surface area contributed by atoms with Crippen molar-refractivity contribution in [3.63, 3.8) is 0 Å². The number of carbonyl (C=O) groups is 1. The highest BCUT2D eigenvalue weighted by atomic mass is 16.4. The second-order valence-electron chi connectivity index (χ2n) is 4.60. The molecule has 0 aromatic carbocycles. The van der Waals surface area contributed by atoms with Crippen molar-refractivity contribution in [2.75, 3.05) is 4.90 Å². The Labute approximate surface area is 100 Å². The molecular formula is C12H17N3O2. The Morgan fingerprint density at radius 3 is 2.41 bits per heavy atom. The van der Waals surface area contributed by atoms with E-state index in [1.807, 2.05) is 0 Å². The van der Waals surface area contributed by atoms with Crippen LogP contribution in [0.2, 0.25) is 0 Å². The van der Waals surface area contributed by atoms with Crippen molar-refractivity contribution < 1.29 is 9.90 Å². The minimum Gasteiger partial charge on any atom is -0.476 e. The molecule has 2 rings (SSSR count). The molecule has 0 radical (unpaired) electrons. The average Bonchev–Trinajstić information content (AvgIpc) is 2.29. The van der Waals surface area contributed by atoms with Crippen LogP contribution in [0.1, 0.15) is 43.6 Å². The number of carboxylic acids is 1. The zero-order valence-electron chi connectivity index (χ0n) is 10.1. The molecule has 1 N–H and O–H groups in total. The van der Waals surface area contributed by atoms with Gasteiger partial charge in [-0.2, -0.15) is 0 Å². The SMILES string of the molecule is C[C@@H]1CCC[C@H](C)N1c1cnc(C(=O)O)cn1. The van der Waals surface area contributed by atoms with E-state index in [0.29, 0.717) is 12.1 Å². The smallest absolute Gasteiger partial charge is 0.356 e. The number of piperidine rings is 1. The molecule has 1 aliphatic heterocycles. The molecule has 1 aromatic rings. The second-order valence-corrected chi connectivity index (χ2v) is 4.60. The van der Waals surface area contributed by atoms with Crippen molar-refractivity contribution >= 4 is 11.8 Å². The zero-order chi connectivity index (χ0) is 12.4. The van der Waals surface area contributed by atoms with E-state index < -0.39 is 5.97 Å². The van der Waals surface area contributed by atoms with Gasteiger partial charge in [-0.1, -0.05) is 0 Å². The van der Waals surface area contributed by atoms with E-state index in [1.165, 1.54) is 12.6 Å². The van der Waals surface area contributed by atoms with Gasteiger partial charge in [0.05, 0.1) is 12.4 Å². The first-order chi connectivity index (χ1) is 8.09. The lowest BCUT2D eigenvalue weighted by molar-refractivity contribution is 0.0690. The van der Waals surface area contributed by atoms with Crippen LogP contribution >= 0.6 is 0 Å². The Bertz CT molecular complexity index is 395. The predicted molar refractivity (Wildman–Crippen MR) is 64.2 cm³/mol. The molecule has 92 valence electrons. The first kappa shape index (κ1) is 11.8. The Morgan fingerprint density at radius 1 is 1.29 bits per heavy atom. The zero-order valence-corrected chi connectivity index (χ0v) is 10.1. The standard InChI is InChI=1S/C12H17N3O2/c1-8-4-3-5-9(2)15(8)11-7-13-10(6-14-11)12(16)17/h6-9H,3-5H2,1-2H3,(H,16,17)/t8-,9+. The number of hydrogen-bond acceptors (Lipinski definition) is 4. The van der Waals surface area contributed by atoms with Gasteiger partial charge in [-0.25, -0.2) is 14.8 Å². The predicted octanol–water partition coefficient (Wildman–Crippen LogP) is 1.94. The largest absolute Gasteiger partial charge is 0.476 e. The Balaban J connectivity index is 2.23. The van der Waals surface area contributed by atoms with Crippen molar-refractivity contribution in [3.05, 3.63) is 18.1 Å². The van der Waals surface area contributed by atoms with Crippen LogP contribution in [0.4, 0.5) is 5.82 Å². The minimum atomic E-state index is -1.04. The molecule has 1 aromatic heterocycles. The molecular weight excluding hydrogens is 218 g/mol. The molecule has 0 spiro atoms. The normalized spacial score (nSPS) is 24.7. The third-order valence-corrected chi connectivity index (χ3v) is 3.32. The van der Waals surface area contributed by atoms with E-state index in [4.69, 9.17) is 5.11 Å². The summed E-state index contributed by atoms with van der Waals surface area (Å²) < 4.78 is 0. The van der Waals surface area contributed by atoms with E-state index in [0.717, 1.165) is 18.7 Å². The fraction of sp³-hybridized carbons (Fsp3) is 0.583. The summed E-state index contributed by atoms with van der Waals surface area (Å²) in [6.45, 7) is 4.34. The maximum Gasteiger partial charge on any atom is 0.356 e. The summed E-state index contributed by atoms with van der Waals surface area (Å²) in [7, 11) is 0. The summed E-state index contributed by atoms with van der Waals surface area (Å²) >= 11 is 0. The van der Waals surface area contributed by atoms with E-state index in [1.54, 1.807) is 6.20 Å². The maximum atomic E-state index is 10.7. The second kappa shape index (κ2) is 4.69. The number of anilines is 1. The molecule has 1 saturated heterocycles. The molecule has 1 fully saturated rings. The fourth-order valence-corrected chi connectivity index (χ4v) is 2.44. The monoisotopic (exact) mass is 235 g/mol. The Hall–Kier alpha value is -1.65. The highest BCUT2D eigenvalue weighted by Gasteiger charge is 2.26. The Kier molecular flexibility index (Phi) is 3.26. The van der Waals surface area contributed by atoms with Crippen LogP contribution in [0.15, 0.2) is 12.4 Å². The van der Waals surface area contributed by atoms with Gasteiger partial charge in [-0.05, 0) is 33.1 Å². The molecule has 0 aliphatic carbocycles. The number of nitrogens with zero attached hydrogens (tertiary/aromatic N) is 3. The van der Waals surface area contributed by atoms with Crippen molar-refractivity contribution in [2.45, 2.75) is 45.2 Å². The van der Waals surface area contributed by atoms with Crippen LogP contribution in [-0.4, -0.2) is 33.1 Å². The lowest BCUT2D eigenvalue weighted by atomic mass is 9.98. The highest BCUT2D eigenvalue weighted by Crippen LogP contribution is 2.26. The molecule has 5 nitrogen and oxygen atoms in total. The molecule has 5 heteroatoms. The molecule has 2 atom stereocenters. The quantitative estimate of drug-likeness (QED) is 0.848. The summed E-state index contributed by atoms with van der Waals surface area (Å²) in [6, 6.07) is 0.868. The van der Waals surface area contributed by atoms with Gasteiger partial charge in [-0.3, -0.25) is 0 Å². The summed E-state index contributed by atoms with van der Waals surface area (Å²) in [5, 5.41) is 8.77. The number of aromatic carboxylic acids is 1. The van der Waals surface area contributed by atoms with Crippen LogP contribution < -0.4 is 4.90 Å². The molecule has 0 bridgehead atoms. The third kappa shape index (κ3) is 2.38. The van der Waals surface area contributed by atoms with Gasteiger partial charge in [0, 0.05) is 12.1 Å². The highest BCUT2D eigenvalue weighted by molar-refractivity contribution is 5.84. The van der Waals surface area contributed by atoms with E-state index in [2.05, 4.69) is 28.7 Å². The summed E-state index contributed by atoms with van der Waals surface area (Å²) in [4.78, 5) is 21.1. The van der Waals surface area contributed by atoms with Crippen LogP contribution in [-0.2, 0) is 0 Å². The van der Waals surface area contributed by atoms with Gasteiger partial charge in [0.1, 0.15) is 5.82 Å². The maximum absolute atomic E-state index is 10.7. The topological polar surface area (TPSA) is 66.3 Å². The minimum absolute atomic E-state index is 0.00827. The van der Waals surface area contributed by atoms with Crippen LogP contribution in [0.25, 0.3) is 0 Å². The van der Waals surface area contributed by atoms with Gasteiger partial charge in [0.15, 0.2) is 5.69 Å². The average molecular weight is 235 g/mol. The third-order valence-electron chi connectivity index (χ3n) is 3.32. The lowest BCUT2D eigenvalue weighted by Gasteiger charge is -2.39. The van der Waals surface area contributed by atoms with Crippen molar-refractivity contribution in [1.29, 1.82) is 0 Å². The van der Waals surface area contributed by atoms with Crippen molar-refractivity contribution in [3.8, 4) is 0 Å². The van der Waals surface area contributed by atoms with Crippen LogP contribution in [0, 0.1) is 0 Å². The van der Waals surface area contributed by atoms with Gasteiger partial charge >= 0.3 is 5.97 Å². The summed E-state index contributed by atoms with van der Waals surface area (Å²) in [6.07, 6.45) is 6.41. The van der Waals surface area contributed by atoms with Crippen LogP contribution in [0.3, 0.4) is 0 Å². The molecule has 2 heterocycles. The first-order valence-corrected chi connectivity index (χ1v) is 5.93. The van der Waals surface area contributed by atoms with Gasteiger partial charge in [-0.15, -0.1) is 0 Å². The molecule has 0 saturated carbocycles. The summed E-state index contributed by atoms with van der Waals surface area (Å²) in [5.41, 5.74) is -0.00827. The van der Waals surface area contributed by atoms with Gasteiger partial charge in [0.2, 0.25) is 0 Å². The Morgan fingerprint density at radius 2 is 1.94 bits per heavy atom. The number of hydrogen-bond donors (Lipinski definition) is 1. The molecule has 1 aliphatic rings. The molecule has 17 heavy (non-hydrogen) atoms.